The summed E-state index contributed by atoms with van der Waals surface area (Å²) in [7, 11) is 0. The van der Waals surface area contributed by atoms with Crippen molar-refractivity contribution in [2.75, 3.05) is 18.5 Å². The molecule has 0 bridgehead atoms. The Hall–Kier alpha value is -1.26. The zero-order chi connectivity index (χ0) is 14.6. The van der Waals surface area contributed by atoms with Crippen LogP contribution in [0.15, 0.2) is 24.3 Å². The van der Waals surface area contributed by atoms with Crippen molar-refractivity contribution in [3.05, 3.63) is 29.3 Å². The molecule has 2 unspecified atom stereocenters. The number of rotatable bonds is 4. The summed E-state index contributed by atoms with van der Waals surface area (Å²) >= 11 is 6.00. The van der Waals surface area contributed by atoms with E-state index in [4.69, 9.17) is 21.1 Å². The summed E-state index contributed by atoms with van der Waals surface area (Å²) < 4.78 is 10.8. The summed E-state index contributed by atoms with van der Waals surface area (Å²) in [6, 6.07) is 7.36. The maximum absolute atomic E-state index is 12.4. The molecule has 1 saturated heterocycles. The lowest BCUT2D eigenvalue weighted by Crippen LogP contribution is -2.53. The summed E-state index contributed by atoms with van der Waals surface area (Å²) in [4.78, 5) is 12.4. The number of nitrogens with one attached hydrogen (secondary N) is 1. The van der Waals surface area contributed by atoms with Gasteiger partial charge in [-0.3, -0.25) is 0 Å². The van der Waals surface area contributed by atoms with Gasteiger partial charge in [0.15, 0.2) is 0 Å². The molecular formula is C15H20ClNO3. The van der Waals surface area contributed by atoms with E-state index in [-0.39, 0.29) is 12.1 Å². The van der Waals surface area contributed by atoms with Crippen LogP contribution in [0.1, 0.15) is 26.7 Å². The minimum absolute atomic E-state index is 0.0137. The van der Waals surface area contributed by atoms with E-state index in [9.17, 15) is 4.79 Å². The minimum Gasteiger partial charge on any atom is -0.464 e. The quantitative estimate of drug-likeness (QED) is 0.867. The number of carbonyl (C=O) groups excluding carboxylic acids is 1. The summed E-state index contributed by atoms with van der Waals surface area (Å²) in [5, 5.41) is 3.94. The zero-order valence-electron chi connectivity index (χ0n) is 11.8. The molecule has 0 radical (unpaired) electrons. The number of hydrogen-bond donors (Lipinski definition) is 1. The molecule has 0 spiro atoms. The Balaban J connectivity index is 2.24. The highest BCUT2D eigenvalue weighted by Crippen LogP contribution is 2.31. The fraction of sp³-hybridized carbons (Fsp3) is 0.533. The minimum atomic E-state index is -0.738. The largest absolute Gasteiger partial charge is 0.464 e. The molecular weight excluding hydrogens is 278 g/mol. The summed E-state index contributed by atoms with van der Waals surface area (Å²) in [6.07, 6.45) is 1.18. The summed E-state index contributed by atoms with van der Waals surface area (Å²) in [5.41, 5.74) is 0.0814. The van der Waals surface area contributed by atoms with E-state index in [0.29, 0.717) is 31.1 Å². The Morgan fingerprint density at radius 3 is 3.05 bits per heavy atom. The molecule has 0 aliphatic carbocycles. The normalized spacial score (nSPS) is 26.1. The van der Waals surface area contributed by atoms with Gasteiger partial charge < -0.3 is 14.8 Å². The molecule has 0 saturated carbocycles. The standard InChI is InChI=1S/C15H20ClNO3/c1-3-19-14(18)15(7-8-20-11(2)10-15)17-13-6-4-5-12(16)9-13/h4-6,9,11,17H,3,7-8,10H2,1-2H3. The number of anilines is 1. The van der Waals surface area contributed by atoms with Crippen molar-refractivity contribution in [2.24, 2.45) is 0 Å². The lowest BCUT2D eigenvalue weighted by molar-refractivity contribution is -0.153. The zero-order valence-corrected chi connectivity index (χ0v) is 12.6. The van der Waals surface area contributed by atoms with Gasteiger partial charge in [0.25, 0.3) is 0 Å². The average molecular weight is 298 g/mol. The Labute approximate surface area is 124 Å². The van der Waals surface area contributed by atoms with E-state index in [1.54, 1.807) is 6.07 Å². The highest BCUT2D eigenvalue weighted by molar-refractivity contribution is 6.30. The fourth-order valence-corrected chi connectivity index (χ4v) is 2.74. The van der Waals surface area contributed by atoms with Crippen molar-refractivity contribution in [2.45, 2.75) is 38.3 Å². The van der Waals surface area contributed by atoms with Crippen LogP contribution in [-0.2, 0) is 14.3 Å². The number of hydrogen-bond acceptors (Lipinski definition) is 4. The average Bonchev–Trinajstić information content (AvgIpc) is 2.39. The molecule has 1 aromatic rings. The van der Waals surface area contributed by atoms with Crippen LogP contribution >= 0.6 is 11.6 Å². The Kier molecular flexibility index (Phi) is 4.89. The Morgan fingerprint density at radius 1 is 1.60 bits per heavy atom. The molecule has 1 aliphatic rings. The molecule has 2 rings (SSSR count). The molecule has 4 nitrogen and oxygen atoms in total. The van der Waals surface area contributed by atoms with Crippen LogP contribution in [0.3, 0.4) is 0 Å². The van der Waals surface area contributed by atoms with E-state index in [2.05, 4.69) is 5.32 Å². The molecule has 1 heterocycles. The van der Waals surface area contributed by atoms with E-state index >= 15 is 0 Å². The number of ether oxygens (including phenoxy) is 2. The first-order valence-electron chi connectivity index (χ1n) is 6.88. The van der Waals surface area contributed by atoms with Gasteiger partial charge in [-0.05, 0) is 32.0 Å². The molecule has 1 N–H and O–H groups in total. The van der Waals surface area contributed by atoms with Gasteiger partial charge in [-0.15, -0.1) is 0 Å². The van der Waals surface area contributed by atoms with Crippen LogP contribution < -0.4 is 5.32 Å². The van der Waals surface area contributed by atoms with Gasteiger partial charge in [-0.25, -0.2) is 4.79 Å². The third kappa shape index (κ3) is 3.44. The second-order valence-electron chi connectivity index (χ2n) is 5.07. The highest BCUT2D eigenvalue weighted by Gasteiger charge is 2.43. The fourth-order valence-electron chi connectivity index (χ4n) is 2.55. The molecule has 1 fully saturated rings. The van der Waals surface area contributed by atoms with Gasteiger partial charge >= 0.3 is 5.97 Å². The molecule has 2 atom stereocenters. The third-order valence-electron chi connectivity index (χ3n) is 3.44. The number of benzene rings is 1. The Bertz CT molecular complexity index is 480. The lowest BCUT2D eigenvalue weighted by Gasteiger charge is -2.39. The van der Waals surface area contributed by atoms with Crippen LogP contribution in [0.5, 0.6) is 0 Å². The second-order valence-corrected chi connectivity index (χ2v) is 5.51. The number of esters is 1. The monoisotopic (exact) mass is 297 g/mol. The van der Waals surface area contributed by atoms with Crippen LogP contribution in [0.2, 0.25) is 5.02 Å². The van der Waals surface area contributed by atoms with E-state index in [1.165, 1.54) is 0 Å². The van der Waals surface area contributed by atoms with Gasteiger partial charge in [0, 0.05) is 30.2 Å². The first-order valence-corrected chi connectivity index (χ1v) is 7.26. The second kappa shape index (κ2) is 6.46. The molecule has 110 valence electrons. The van der Waals surface area contributed by atoms with Crippen molar-refractivity contribution in [3.8, 4) is 0 Å². The molecule has 1 aliphatic heterocycles. The van der Waals surface area contributed by atoms with Crippen molar-refractivity contribution in [1.29, 1.82) is 0 Å². The maximum Gasteiger partial charge on any atom is 0.331 e. The molecule has 0 amide bonds. The number of carbonyl (C=O) groups is 1. The third-order valence-corrected chi connectivity index (χ3v) is 3.68. The first kappa shape index (κ1) is 15.1. The number of halogens is 1. The van der Waals surface area contributed by atoms with E-state index in [1.807, 2.05) is 32.0 Å². The Morgan fingerprint density at radius 2 is 2.40 bits per heavy atom. The predicted molar refractivity (Wildman–Crippen MR) is 79.1 cm³/mol. The molecule has 1 aromatic carbocycles. The summed E-state index contributed by atoms with van der Waals surface area (Å²) in [5.74, 6) is -0.227. The molecule has 5 heteroatoms. The molecule has 20 heavy (non-hydrogen) atoms. The van der Waals surface area contributed by atoms with Gasteiger partial charge in [0.2, 0.25) is 0 Å². The van der Waals surface area contributed by atoms with E-state index < -0.39 is 5.54 Å². The van der Waals surface area contributed by atoms with Crippen LogP contribution in [-0.4, -0.2) is 30.8 Å². The first-order chi connectivity index (χ1) is 9.55. The lowest BCUT2D eigenvalue weighted by atomic mass is 9.86. The van der Waals surface area contributed by atoms with Crippen molar-refractivity contribution in [1.82, 2.24) is 0 Å². The maximum atomic E-state index is 12.4. The van der Waals surface area contributed by atoms with Crippen molar-refractivity contribution < 1.29 is 14.3 Å². The van der Waals surface area contributed by atoms with Gasteiger partial charge in [0.05, 0.1) is 12.7 Å². The predicted octanol–water partition coefficient (Wildman–Crippen LogP) is 3.25. The SMILES string of the molecule is CCOC(=O)C1(Nc2cccc(Cl)c2)CCOC(C)C1. The van der Waals surface area contributed by atoms with Crippen LogP contribution in [0.25, 0.3) is 0 Å². The van der Waals surface area contributed by atoms with Crippen molar-refractivity contribution >= 4 is 23.3 Å². The van der Waals surface area contributed by atoms with Gasteiger partial charge in [-0.1, -0.05) is 17.7 Å². The topological polar surface area (TPSA) is 47.6 Å². The van der Waals surface area contributed by atoms with Gasteiger partial charge in [0.1, 0.15) is 5.54 Å². The summed E-state index contributed by atoms with van der Waals surface area (Å²) in [6.45, 7) is 4.68. The van der Waals surface area contributed by atoms with Gasteiger partial charge in [-0.2, -0.15) is 0 Å². The highest BCUT2D eigenvalue weighted by atomic mass is 35.5. The van der Waals surface area contributed by atoms with Crippen LogP contribution in [0, 0.1) is 0 Å². The van der Waals surface area contributed by atoms with E-state index in [0.717, 1.165) is 5.69 Å². The molecule has 0 aromatic heterocycles. The van der Waals surface area contributed by atoms with Crippen molar-refractivity contribution in [3.63, 3.8) is 0 Å². The smallest absolute Gasteiger partial charge is 0.331 e. The van der Waals surface area contributed by atoms with Crippen LogP contribution in [0.4, 0.5) is 5.69 Å².